The normalized spacial score (nSPS) is 22.7. The molecular formula is C24H34N2O7S. The van der Waals surface area contributed by atoms with E-state index in [9.17, 15) is 18.3 Å². The van der Waals surface area contributed by atoms with Gasteiger partial charge >= 0.3 is 0 Å². The average molecular weight is 495 g/mol. The number of hydrogen-bond donors (Lipinski definition) is 2. The van der Waals surface area contributed by atoms with Gasteiger partial charge in [0.25, 0.3) is 5.91 Å². The average Bonchev–Trinajstić information content (AvgIpc) is 3.76. The molecule has 1 aromatic rings. The number of aliphatic hydroxyl groups excluding tert-OH is 1. The minimum Gasteiger partial charge on any atom is -0.497 e. The van der Waals surface area contributed by atoms with E-state index in [1.54, 1.807) is 12.1 Å². The van der Waals surface area contributed by atoms with Crippen LogP contribution in [0.4, 0.5) is 0 Å². The smallest absolute Gasteiger partial charge is 0.286 e. The van der Waals surface area contributed by atoms with Crippen molar-refractivity contribution in [2.24, 2.45) is 17.8 Å². The number of nitrogens with one attached hydrogen (secondary N) is 1. The molecule has 2 saturated carbocycles. The predicted molar refractivity (Wildman–Crippen MR) is 124 cm³/mol. The third kappa shape index (κ3) is 6.50. The third-order valence-corrected chi connectivity index (χ3v) is 8.39. The monoisotopic (exact) mass is 494 g/mol. The molecule has 0 bridgehead atoms. The number of rotatable bonds is 13. The summed E-state index contributed by atoms with van der Waals surface area (Å²) < 4.78 is 44.1. The molecule has 0 saturated heterocycles. The van der Waals surface area contributed by atoms with Gasteiger partial charge in [-0.1, -0.05) is 0 Å². The van der Waals surface area contributed by atoms with Gasteiger partial charge in [0.05, 0.1) is 25.2 Å². The Balaban J connectivity index is 1.34. The number of allylic oxidation sites excluding steroid dienone is 1. The number of carbonyl (C=O) groups is 1. The summed E-state index contributed by atoms with van der Waals surface area (Å²) in [6.07, 6.45) is 6.52. The number of benzene rings is 1. The summed E-state index contributed by atoms with van der Waals surface area (Å²) in [5.41, 5.74) is 0. The van der Waals surface area contributed by atoms with Gasteiger partial charge in [0.15, 0.2) is 5.76 Å². The van der Waals surface area contributed by atoms with Gasteiger partial charge in [-0.2, -0.15) is 4.31 Å². The molecule has 188 valence electrons. The Morgan fingerprint density at radius 2 is 1.91 bits per heavy atom. The summed E-state index contributed by atoms with van der Waals surface area (Å²) in [7, 11) is -2.31. The number of nitrogens with zero attached hydrogens (tertiary/aromatic N) is 1. The molecule has 3 aliphatic rings. The highest BCUT2D eigenvalue weighted by molar-refractivity contribution is 7.89. The highest BCUT2D eigenvalue weighted by Gasteiger charge is 2.37. The Morgan fingerprint density at radius 3 is 2.53 bits per heavy atom. The van der Waals surface area contributed by atoms with Crippen molar-refractivity contribution in [2.45, 2.75) is 43.3 Å². The topological polar surface area (TPSA) is 114 Å². The molecule has 0 radical (unpaired) electrons. The zero-order valence-electron chi connectivity index (χ0n) is 19.5. The summed E-state index contributed by atoms with van der Waals surface area (Å²) in [6, 6.07) is 6.11. The number of aliphatic hydroxyl groups is 1. The number of sulfonamides is 1. The van der Waals surface area contributed by atoms with E-state index in [1.165, 1.54) is 23.5 Å². The summed E-state index contributed by atoms with van der Waals surface area (Å²) in [5.74, 6) is 1.98. The number of ether oxygens (including phenoxy) is 3. The first-order valence-electron chi connectivity index (χ1n) is 11.9. The van der Waals surface area contributed by atoms with Crippen molar-refractivity contribution in [3.63, 3.8) is 0 Å². The molecule has 10 heteroatoms. The van der Waals surface area contributed by atoms with Crippen LogP contribution >= 0.6 is 0 Å². The predicted octanol–water partition coefficient (Wildman–Crippen LogP) is 1.88. The Hall–Kier alpha value is -2.14. The van der Waals surface area contributed by atoms with E-state index in [1.807, 2.05) is 6.08 Å². The molecule has 2 aliphatic carbocycles. The van der Waals surface area contributed by atoms with Crippen LogP contribution in [0.1, 0.15) is 32.1 Å². The maximum atomic E-state index is 13.1. The molecule has 1 aliphatic heterocycles. The lowest BCUT2D eigenvalue weighted by Gasteiger charge is -2.30. The first-order valence-corrected chi connectivity index (χ1v) is 13.4. The minimum absolute atomic E-state index is 0.0514. The molecule has 2 atom stereocenters. The van der Waals surface area contributed by atoms with Crippen LogP contribution in [0.5, 0.6) is 5.75 Å². The molecule has 2 fully saturated rings. The van der Waals surface area contributed by atoms with Crippen LogP contribution in [0.2, 0.25) is 0 Å². The fourth-order valence-electron chi connectivity index (χ4n) is 4.09. The van der Waals surface area contributed by atoms with Crippen LogP contribution in [-0.4, -0.2) is 70.0 Å². The Bertz CT molecular complexity index is 972. The number of amides is 1. The van der Waals surface area contributed by atoms with Gasteiger partial charge in [-0.3, -0.25) is 4.79 Å². The summed E-state index contributed by atoms with van der Waals surface area (Å²) in [6.45, 7) is 0.429. The van der Waals surface area contributed by atoms with Crippen molar-refractivity contribution in [3.8, 4) is 5.75 Å². The fraction of sp³-hybridized carbons (Fsp3) is 0.625. The third-order valence-electron chi connectivity index (χ3n) is 6.48. The minimum atomic E-state index is -3.82. The van der Waals surface area contributed by atoms with Crippen LogP contribution in [0.15, 0.2) is 41.0 Å². The highest BCUT2D eigenvalue weighted by atomic mass is 32.2. The van der Waals surface area contributed by atoms with Gasteiger partial charge in [0, 0.05) is 26.1 Å². The highest BCUT2D eigenvalue weighted by Crippen LogP contribution is 2.42. The van der Waals surface area contributed by atoms with Gasteiger partial charge in [-0.25, -0.2) is 8.42 Å². The van der Waals surface area contributed by atoms with Crippen molar-refractivity contribution in [2.75, 3.05) is 40.0 Å². The first-order chi connectivity index (χ1) is 16.4. The largest absolute Gasteiger partial charge is 0.497 e. The van der Waals surface area contributed by atoms with Crippen molar-refractivity contribution >= 4 is 15.9 Å². The van der Waals surface area contributed by atoms with Crippen LogP contribution in [0, 0.1) is 17.8 Å². The van der Waals surface area contributed by atoms with Crippen molar-refractivity contribution < 1.29 is 32.5 Å². The van der Waals surface area contributed by atoms with Gasteiger partial charge in [0.1, 0.15) is 5.75 Å². The van der Waals surface area contributed by atoms with E-state index < -0.39 is 16.3 Å². The molecular weight excluding hydrogens is 460 g/mol. The first kappa shape index (κ1) is 25.0. The second kappa shape index (κ2) is 11.1. The number of methoxy groups -OCH3 is 1. The molecule has 34 heavy (non-hydrogen) atoms. The van der Waals surface area contributed by atoms with Crippen molar-refractivity contribution in [3.05, 3.63) is 36.1 Å². The maximum absolute atomic E-state index is 13.1. The van der Waals surface area contributed by atoms with Gasteiger partial charge in [0.2, 0.25) is 16.3 Å². The number of carbonyl (C=O) groups excluding carboxylic acids is 1. The number of hydrogen-bond acceptors (Lipinski definition) is 7. The van der Waals surface area contributed by atoms with Gasteiger partial charge < -0.3 is 24.6 Å². The van der Waals surface area contributed by atoms with E-state index >= 15 is 0 Å². The zero-order valence-corrected chi connectivity index (χ0v) is 20.3. The fourth-order valence-corrected chi connectivity index (χ4v) is 5.51. The Kier molecular flexibility index (Phi) is 8.13. The molecule has 1 aromatic carbocycles. The SMILES string of the molecule is COc1ccc(S(=O)(=O)N(CCO)CCO[C@H]2C[C@@H](C3CC3)C=C(C(=O)NCC3CC3)O2)cc1. The van der Waals surface area contributed by atoms with E-state index in [4.69, 9.17) is 14.2 Å². The van der Waals surface area contributed by atoms with E-state index in [0.717, 1.165) is 25.7 Å². The molecule has 4 rings (SSSR count). The lowest BCUT2D eigenvalue weighted by molar-refractivity contribution is -0.150. The Labute approximate surface area is 201 Å². The lowest BCUT2D eigenvalue weighted by Crippen LogP contribution is -2.38. The van der Waals surface area contributed by atoms with E-state index in [2.05, 4.69) is 5.32 Å². The van der Waals surface area contributed by atoms with Gasteiger partial charge in [-0.15, -0.1) is 0 Å². The second-order valence-corrected chi connectivity index (χ2v) is 11.1. The van der Waals surface area contributed by atoms with E-state index in [0.29, 0.717) is 36.3 Å². The van der Waals surface area contributed by atoms with Crippen LogP contribution < -0.4 is 10.1 Å². The quantitative estimate of drug-likeness (QED) is 0.430. The Morgan fingerprint density at radius 1 is 1.18 bits per heavy atom. The molecule has 0 aromatic heterocycles. The zero-order chi connectivity index (χ0) is 24.1. The molecule has 0 unspecified atom stereocenters. The van der Waals surface area contributed by atoms with Crippen LogP contribution in [0.3, 0.4) is 0 Å². The summed E-state index contributed by atoms with van der Waals surface area (Å²) >= 11 is 0. The standard InChI is InChI=1S/C24H34N2O7S/c1-31-20-6-8-21(9-7-20)34(29,30)26(10-12-27)11-13-32-23-15-19(18-4-5-18)14-22(33-23)24(28)25-16-17-2-3-17/h6-9,14,17-19,23,27H,2-5,10-13,15-16H2,1H3,(H,25,28)/t19-,23+/m0/s1. The second-order valence-electron chi connectivity index (χ2n) is 9.14. The molecule has 0 spiro atoms. The molecule has 1 heterocycles. The molecule has 9 nitrogen and oxygen atoms in total. The van der Waals surface area contributed by atoms with Crippen molar-refractivity contribution in [1.82, 2.24) is 9.62 Å². The lowest BCUT2D eigenvalue weighted by atomic mass is 9.96. The van der Waals surface area contributed by atoms with E-state index in [-0.39, 0.29) is 43.0 Å². The molecule has 2 N–H and O–H groups in total. The van der Waals surface area contributed by atoms with Crippen LogP contribution in [-0.2, 0) is 24.3 Å². The van der Waals surface area contributed by atoms with Crippen molar-refractivity contribution in [1.29, 1.82) is 0 Å². The molecule has 1 amide bonds. The summed E-state index contributed by atoms with van der Waals surface area (Å²) in [5, 5.41) is 12.4. The van der Waals surface area contributed by atoms with Gasteiger partial charge in [-0.05, 0) is 73.8 Å². The summed E-state index contributed by atoms with van der Waals surface area (Å²) in [4.78, 5) is 12.7. The van der Waals surface area contributed by atoms with Crippen LogP contribution in [0.25, 0.3) is 0 Å². The maximum Gasteiger partial charge on any atom is 0.286 e.